The lowest BCUT2D eigenvalue weighted by molar-refractivity contribution is -0.112. The molecule has 30 heavy (non-hydrogen) atoms. The molecular formula is C22H21N3O4S. The van der Waals surface area contributed by atoms with Crippen molar-refractivity contribution in [3.63, 3.8) is 0 Å². The molecule has 1 amide bonds. The maximum Gasteiger partial charge on any atom is 0.268 e. The van der Waals surface area contributed by atoms with Crippen LogP contribution in [0, 0.1) is 25.2 Å². The topological polar surface area (TPSA) is 93.5 Å². The standard InChI is InChI=1S/C22H21N3O4S/c1-12-6-16-19(7-13(12)2)30-22(24-16)25-21(26)15(11-23)8-14-9-17(27-3)20(29-5)18(10-14)28-4/h6-10H,1-5H3,(H,24,25,26). The Morgan fingerprint density at radius 3 is 2.27 bits per heavy atom. The van der Waals surface area contributed by atoms with E-state index in [0.29, 0.717) is 27.9 Å². The lowest BCUT2D eigenvalue weighted by Gasteiger charge is -2.13. The van der Waals surface area contributed by atoms with E-state index in [4.69, 9.17) is 14.2 Å². The van der Waals surface area contributed by atoms with Crippen molar-refractivity contribution >= 4 is 38.7 Å². The molecule has 2 aromatic carbocycles. The molecule has 1 N–H and O–H groups in total. The third-order valence-corrected chi connectivity index (χ3v) is 5.52. The van der Waals surface area contributed by atoms with E-state index in [1.165, 1.54) is 38.7 Å². The first kappa shape index (κ1) is 21.1. The summed E-state index contributed by atoms with van der Waals surface area (Å²) in [4.78, 5) is 17.1. The molecule has 1 heterocycles. The van der Waals surface area contributed by atoms with Crippen LogP contribution < -0.4 is 19.5 Å². The molecule has 3 rings (SSSR count). The summed E-state index contributed by atoms with van der Waals surface area (Å²) in [5.41, 5.74) is 3.59. The number of aromatic nitrogens is 1. The zero-order valence-corrected chi connectivity index (χ0v) is 18.1. The number of amides is 1. The normalized spacial score (nSPS) is 11.1. The largest absolute Gasteiger partial charge is 0.493 e. The van der Waals surface area contributed by atoms with Crippen LogP contribution in [-0.2, 0) is 4.79 Å². The van der Waals surface area contributed by atoms with Crippen molar-refractivity contribution < 1.29 is 19.0 Å². The minimum atomic E-state index is -0.543. The molecule has 0 saturated carbocycles. The maximum absolute atomic E-state index is 12.7. The molecular weight excluding hydrogens is 402 g/mol. The van der Waals surface area contributed by atoms with Crippen molar-refractivity contribution in [3.05, 3.63) is 46.5 Å². The molecule has 0 saturated heterocycles. The molecule has 0 bridgehead atoms. The van der Waals surface area contributed by atoms with Crippen LogP contribution >= 0.6 is 11.3 Å². The number of hydrogen-bond acceptors (Lipinski definition) is 7. The minimum Gasteiger partial charge on any atom is -0.493 e. The Labute approximate surface area is 178 Å². The molecule has 1 aromatic heterocycles. The van der Waals surface area contributed by atoms with Crippen LogP contribution in [0.3, 0.4) is 0 Å². The van der Waals surface area contributed by atoms with Crippen LogP contribution in [0.25, 0.3) is 16.3 Å². The van der Waals surface area contributed by atoms with E-state index in [0.717, 1.165) is 21.3 Å². The number of ether oxygens (including phenoxy) is 3. The van der Waals surface area contributed by atoms with Gasteiger partial charge in [0.15, 0.2) is 16.6 Å². The number of nitrogens with one attached hydrogen (secondary N) is 1. The smallest absolute Gasteiger partial charge is 0.268 e. The molecule has 0 unspecified atom stereocenters. The molecule has 0 aliphatic heterocycles. The predicted octanol–water partition coefficient (Wildman–Crippen LogP) is 4.48. The molecule has 0 spiro atoms. The van der Waals surface area contributed by atoms with Crippen LogP contribution in [0.15, 0.2) is 29.8 Å². The van der Waals surface area contributed by atoms with E-state index in [1.54, 1.807) is 12.1 Å². The molecule has 0 atom stereocenters. The van der Waals surface area contributed by atoms with E-state index < -0.39 is 5.91 Å². The van der Waals surface area contributed by atoms with Gasteiger partial charge >= 0.3 is 0 Å². The van der Waals surface area contributed by atoms with Gasteiger partial charge < -0.3 is 14.2 Å². The summed E-state index contributed by atoms with van der Waals surface area (Å²) in [6.45, 7) is 4.04. The second-order valence-electron chi connectivity index (χ2n) is 6.51. The number of fused-ring (bicyclic) bond motifs is 1. The average molecular weight is 423 g/mol. The van der Waals surface area contributed by atoms with Gasteiger partial charge in [-0.15, -0.1) is 0 Å². The highest BCUT2D eigenvalue weighted by atomic mass is 32.1. The SMILES string of the molecule is COc1cc(C=C(C#N)C(=O)Nc2nc3cc(C)c(C)cc3s2)cc(OC)c1OC. The van der Waals surface area contributed by atoms with Crippen LogP contribution in [-0.4, -0.2) is 32.2 Å². The molecule has 8 heteroatoms. The summed E-state index contributed by atoms with van der Waals surface area (Å²) in [6, 6.07) is 9.28. The highest BCUT2D eigenvalue weighted by Crippen LogP contribution is 2.38. The first-order valence-electron chi connectivity index (χ1n) is 9.01. The van der Waals surface area contributed by atoms with Crippen molar-refractivity contribution in [2.24, 2.45) is 0 Å². The Morgan fingerprint density at radius 2 is 1.70 bits per heavy atom. The van der Waals surface area contributed by atoms with Gasteiger partial charge in [0, 0.05) is 0 Å². The third-order valence-electron chi connectivity index (χ3n) is 4.59. The summed E-state index contributed by atoms with van der Waals surface area (Å²) in [5.74, 6) is 0.745. The van der Waals surface area contributed by atoms with Gasteiger partial charge in [0.2, 0.25) is 5.75 Å². The van der Waals surface area contributed by atoms with Gasteiger partial charge in [-0.3, -0.25) is 10.1 Å². The zero-order chi connectivity index (χ0) is 21.8. The number of thiazole rings is 1. The van der Waals surface area contributed by atoms with Crippen LogP contribution in [0.1, 0.15) is 16.7 Å². The first-order chi connectivity index (χ1) is 14.4. The Hall–Kier alpha value is -3.57. The van der Waals surface area contributed by atoms with Gasteiger partial charge in [-0.05, 0) is 60.9 Å². The summed E-state index contributed by atoms with van der Waals surface area (Å²) in [6.07, 6.45) is 1.46. The third kappa shape index (κ3) is 4.21. The van der Waals surface area contributed by atoms with Gasteiger partial charge in [-0.1, -0.05) is 11.3 Å². The molecule has 0 radical (unpaired) electrons. The van der Waals surface area contributed by atoms with E-state index in [9.17, 15) is 10.1 Å². The highest BCUT2D eigenvalue weighted by molar-refractivity contribution is 7.22. The van der Waals surface area contributed by atoms with E-state index in [2.05, 4.69) is 10.3 Å². The average Bonchev–Trinajstić information content (AvgIpc) is 3.11. The molecule has 0 fully saturated rings. The number of anilines is 1. The van der Waals surface area contributed by atoms with Gasteiger partial charge in [-0.25, -0.2) is 4.98 Å². The summed E-state index contributed by atoms with van der Waals surface area (Å²) < 4.78 is 16.9. The van der Waals surface area contributed by atoms with Gasteiger partial charge in [0.25, 0.3) is 5.91 Å². The van der Waals surface area contributed by atoms with Crippen molar-refractivity contribution in [3.8, 4) is 23.3 Å². The lowest BCUT2D eigenvalue weighted by Crippen LogP contribution is -2.13. The highest BCUT2D eigenvalue weighted by Gasteiger charge is 2.16. The van der Waals surface area contributed by atoms with E-state index in [1.807, 2.05) is 32.0 Å². The van der Waals surface area contributed by atoms with Crippen LogP contribution in [0.5, 0.6) is 17.2 Å². The number of nitrogens with zero attached hydrogens (tertiary/aromatic N) is 2. The molecule has 0 aliphatic carbocycles. The quantitative estimate of drug-likeness (QED) is 0.464. The van der Waals surface area contributed by atoms with E-state index in [-0.39, 0.29) is 5.57 Å². The van der Waals surface area contributed by atoms with Gasteiger partial charge in [0.05, 0.1) is 31.5 Å². The first-order valence-corrected chi connectivity index (χ1v) is 9.82. The zero-order valence-electron chi connectivity index (χ0n) is 17.3. The number of carbonyl (C=O) groups is 1. The lowest BCUT2D eigenvalue weighted by atomic mass is 10.1. The minimum absolute atomic E-state index is 0.0732. The monoisotopic (exact) mass is 423 g/mol. The van der Waals surface area contributed by atoms with Crippen LogP contribution in [0.4, 0.5) is 5.13 Å². The van der Waals surface area contributed by atoms with Crippen molar-refractivity contribution in [2.45, 2.75) is 13.8 Å². The fraction of sp³-hybridized carbons (Fsp3) is 0.227. The number of carbonyl (C=O) groups excluding carboxylic acids is 1. The van der Waals surface area contributed by atoms with Crippen molar-refractivity contribution in [2.75, 3.05) is 26.6 Å². The number of aryl methyl sites for hydroxylation is 2. The van der Waals surface area contributed by atoms with Crippen molar-refractivity contribution in [1.29, 1.82) is 5.26 Å². The second-order valence-corrected chi connectivity index (χ2v) is 7.54. The van der Waals surface area contributed by atoms with Gasteiger partial charge in [-0.2, -0.15) is 5.26 Å². The Morgan fingerprint density at radius 1 is 1.07 bits per heavy atom. The van der Waals surface area contributed by atoms with Crippen molar-refractivity contribution in [1.82, 2.24) is 4.98 Å². The number of rotatable bonds is 6. The number of hydrogen-bond donors (Lipinski definition) is 1. The van der Waals surface area contributed by atoms with Gasteiger partial charge in [0.1, 0.15) is 11.6 Å². The predicted molar refractivity (Wildman–Crippen MR) is 117 cm³/mol. The number of benzene rings is 2. The fourth-order valence-electron chi connectivity index (χ4n) is 2.90. The van der Waals surface area contributed by atoms with E-state index >= 15 is 0 Å². The number of methoxy groups -OCH3 is 3. The Bertz CT molecular complexity index is 1130. The molecule has 0 aliphatic rings. The summed E-state index contributed by atoms with van der Waals surface area (Å²) in [7, 11) is 4.50. The Balaban J connectivity index is 1.91. The molecule has 3 aromatic rings. The van der Waals surface area contributed by atoms with Crippen LogP contribution in [0.2, 0.25) is 0 Å². The summed E-state index contributed by atoms with van der Waals surface area (Å²) in [5, 5.41) is 12.7. The fourth-order valence-corrected chi connectivity index (χ4v) is 3.84. The molecule has 154 valence electrons. The summed E-state index contributed by atoms with van der Waals surface area (Å²) >= 11 is 1.36. The maximum atomic E-state index is 12.7. The Kier molecular flexibility index (Phi) is 6.23. The second kappa shape index (κ2) is 8.84. The number of nitriles is 1. The molecule has 7 nitrogen and oxygen atoms in total.